The molecular weight excluding hydrogens is 347 g/mol. The fourth-order valence-electron chi connectivity index (χ4n) is 2.93. The number of aryl methyl sites for hydroxylation is 2. The van der Waals surface area contributed by atoms with E-state index >= 15 is 0 Å². The second kappa shape index (κ2) is 5.50. The van der Waals surface area contributed by atoms with Gasteiger partial charge in [0.2, 0.25) is 11.7 Å². The molecule has 2 aliphatic rings. The Kier molecular flexibility index (Phi) is 3.55. The molecule has 6 heteroatoms. The Morgan fingerprint density at radius 3 is 2.58 bits per heavy atom. The van der Waals surface area contributed by atoms with Crippen LogP contribution in [0.3, 0.4) is 0 Å². The van der Waals surface area contributed by atoms with E-state index < -0.39 is 12.1 Å². The lowest BCUT2D eigenvalue weighted by Gasteiger charge is -2.20. The third-order valence-electron chi connectivity index (χ3n) is 4.42. The van der Waals surface area contributed by atoms with Crippen LogP contribution >= 0.6 is 23.2 Å². The van der Waals surface area contributed by atoms with E-state index in [1.807, 2.05) is 26.0 Å². The van der Waals surface area contributed by atoms with Gasteiger partial charge < -0.3 is 10.1 Å². The second-order valence-electron chi connectivity index (χ2n) is 6.05. The molecule has 0 bridgehead atoms. The van der Waals surface area contributed by atoms with Gasteiger partial charge in [-0.2, -0.15) is 0 Å². The van der Waals surface area contributed by atoms with Crippen LogP contribution in [0.1, 0.15) is 22.8 Å². The molecule has 1 saturated heterocycles. The highest BCUT2D eigenvalue weighted by Crippen LogP contribution is 2.39. The lowest BCUT2D eigenvalue weighted by Crippen LogP contribution is -2.34. The molecule has 1 N–H and O–H groups in total. The number of nitrogens with zero attached hydrogens (tertiary/aromatic N) is 1. The fourth-order valence-corrected chi connectivity index (χ4v) is 3.24. The summed E-state index contributed by atoms with van der Waals surface area (Å²) in [7, 11) is 0. The number of ether oxygens (including phenoxy) is 1. The van der Waals surface area contributed by atoms with E-state index in [1.165, 1.54) is 0 Å². The maximum atomic E-state index is 12.8. The quantitative estimate of drug-likeness (QED) is 0.796. The van der Waals surface area contributed by atoms with Gasteiger partial charge in [-0.05, 0) is 49.2 Å². The highest BCUT2D eigenvalue weighted by molar-refractivity contribution is 6.42. The molecular formula is C18H14Cl2N2O2. The van der Waals surface area contributed by atoms with Crippen LogP contribution in [0.4, 0.5) is 11.4 Å². The van der Waals surface area contributed by atoms with Crippen LogP contribution < -0.4 is 5.32 Å². The zero-order valence-corrected chi connectivity index (χ0v) is 14.6. The molecule has 0 aliphatic carbocycles. The van der Waals surface area contributed by atoms with E-state index in [4.69, 9.17) is 27.9 Å². The van der Waals surface area contributed by atoms with Gasteiger partial charge in [-0.3, -0.25) is 4.79 Å². The second-order valence-corrected chi connectivity index (χ2v) is 6.87. The largest absolute Gasteiger partial charge is 0.463 e. The maximum Gasteiger partial charge on any atom is 0.220 e. The number of halogens is 2. The first-order valence-electron chi connectivity index (χ1n) is 7.56. The van der Waals surface area contributed by atoms with Crippen molar-refractivity contribution in [1.29, 1.82) is 0 Å². The standard InChI is InChI=1S/C18H14Cl2N2O2/c1-8-5-13-14(6-9(8)2)22-18-15(21-13)16(23)17(24-18)10-3-4-11(19)12(20)7-10/h3-7,15,17,21H,1-2H3/t15-,17-/m0/s1. The number of aliphatic imine (C=N–C) groups is 1. The third kappa shape index (κ3) is 2.38. The van der Waals surface area contributed by atoms with Crippen molar-refractivity contribution >= 4 is 46.3 Å². The monoisotopic (exact) mass is 360 g/mol. The van der Waals surface area contributed by atoms with Crippen molar-refractivity contribution < 1.29 is 9.53 Å². The summed E-state index contributed by atoms with van der Waals surface area (Å²) < 4.78 is 5.82. The number of carbonyl (C=O) groups excluding carboxylic acids is 1. The number of fused-ring (bicyclic) bond motifs is 2. The van der Waals surface area contributed by atoms with Gasteiger partial charge in [0.25, 0.3) is 0 Å². The van der Waals surface area contributed by atoms with Crippen molar-refractivity contribution in [2.24, 2.45) is 4.99 Å². The number of anilines is 1. The summed E-state index contributed by atoms with van der Waals surface area (Å²) in [6.07, 6.45) is -0.729. The summed E-state index contributed by atoms with van der Waals surface area (Å²) >= 11 is 12.0. The van der Waals surface area contributed by atoms with E-state index in [2.05, 4.69) is 10.3 Å². The number of rotatable bonds is 1. The van der Waals surface area contributed by atoms with Gasteiger partial charge in [-0.25, -0.2) is 4.99 Å². The minimum atomic E-state index is -0.729. The minimum Gasteiger partial charge on any atom is -0.463 e. The van der Waals surface area contributed by atoms with Gasteiger partial charge >= 0.3 is 0 Å². The average Bonchev–Trinajstić information content (AvgIpc) is 2.86. The van der Waals surface area contributed by atoms with Crippen LogP contribution in [0.15, 0.2) is 35.3 Å². The number of benzene rings is 2. The summed E-state index contributed by atoms with van der Waals surface area (Å²) in [6, 6.07) is 8.49. The highest BCUT2D eigenvalue weighted by atomic mass is 35.5. The van der Waals surface area contributed by atoms with Gasteiger partial charge in [0.05, 0.1) is 21.4 Å². The topological polar surface area (TPSA) is 50.7 Å². The molecule has 122 valence electrons. The number of Topliss-reactive ketones (excluding diaryl/α,β-unsaturated/α-hetero) is 1. The Morgan fingerprint density at radius 2 is 1.83 bits per heavy atom. The van der Waals surface area contributed by atoms with E-state index in [1.54, 1.807) is 18.2 Å². The normalized spacial score (nSPS) is 21.5. The van der Waals surface area contributed by atoms with Crippen LogP contribution in [-0.4, -0.2) is 17.7 Å². The fraction of sp³-hybridized carbons (Fsp3) is 0.222. The van der Waals surface area contributed by atoms with Gasteiger partial charge in [0.15, 0.2) is 12.1 Å². The van der Waals surface area contributed by atoms with Crippen LogP contribution in [0, 0.1) is 13.8 Å². The average molecular weight is 361 g/mol. The first-order valence-corrected chi connectivity index (χ1v) is 8.31. The molecule has 0 spiro atoms. The number of hydrogen-bond donors (Lipinski definition) is 1. The molecule has 4 nitrogen and oxygen atoms in total. The highest BCUT2D eigenvalue weighted by Gasteiger charge is 2.44. The lowest BCUT2D eigenvalue weighted by molar-refractivity contribution is -0.122. The Balaban J connectivity index is 1.71. The number of ketones is 1. The molecule has 1 fully saturated rings. The summed E-state index contributed by atoms with van der Waals surface area (Å²) in [5.74, 6) is 0.308. The summed E-state index contributed by atoms with van der Waals surface area (Å²) in [5, 5.41) is 4.07. The van der Waals surface area contributed by atoms with Gasteiger partial charge in [-0.1, -0.05) is 29.3 Å². The van der Waals surface area contributed by atoms with E-state index in [-0.39, 0.29) is 5.78 Å². The molecule has 0 unspecified atom stereocenters. The van der Waals surface area contributed by atoms with Crippen LogP contribution in [0.5, 0.6) is 0 Å². The molecule has 2 aliphatic heterocycles. The zero-order valence-electron chi connectivity index (χ0n) is 13.1. The molecule has 2 aromatic carbocycles. The van der Waals surface area contributed by atoms with Gasteiger partial charge in [0, 0.05) is 5.56 Å². The smallest absolute Gasteiger partial charge is 0.220 e. The first kappa shape index (κ1) is 15.5. The van der Waals surface area contributed by atoms with Crippen molar-refractivity contribution in [2.75, 3.05) is 5.32 Å². The SMILES string of the molecule is Cc1cc2c(cc1C)N[C@H]1C(=O)[C@H](c3ccc(Cl)c(Cl)c3)OC1=N2. The van der Waals surface area contributed by atoms with Crippen molar-refractivity contribution in [3.05, 3.63) is 57.1 Å². The zero-order chi connectivity index (χ0) is 17.0. The van der Waals surface area contributed by atoms with Crippen LogP contribution in [-0.2, 0) is 9.53 Å². The number of hydrogen-bond acceptors (Lipinski definition) is 4. The van der Waals surface area contributed by atoms with Gasteiger partial charge in [0.1, 0.15) is 0 Å². The Labute approximate surface area is 149 Å². The summed E-state index contributed by atoms with van der Waals surface area (Å²) in [4.78, 5) is 17.3. The molecule has 0 amide bonds. The van der Waals surface area contributed by atoms with Crippen molar-refractivity contribution in [3.63, 3.8) is 0 Å². The molecule has 2 atom stereocenters. The Hall–Kier alpha value is -2.04. The predicted molar refractivity (Wildman–Crippen MR) is 95.7 cm³/mol. The van der Waals surface area contributed by atoms with Crippen molar-refractivity contribution in [1.82, 2.24) is 0 Å². The summed E-state index contributed by atoms with van der Waals surface area (Å²) in [5.41, 5.74) is 4.59. The summed E-state index contributed by atoms with van der Waals surface area (Å²) in [6.45, 7) is 4.06. The minimum absolute atomic E-state index is 0.0870. The molecule has 0 saturated carbocycles. The number of carbonyl (C=O) groups is 1. The Morgan fingerprint density at radius 1 is 1.08 bits per heavy atom. The van der Waals surface area contributed by atoms with Crippen molar-refractivity contribution in [3.8, 4) is 0 Å². The number of nitrogens with one attached hydrogen (secondary N) is 1. The molecule has 0 aromatic heterocycles. The molecule has 4 rings (SSSR count). The Bertz CT molecular complexity index is 908. The molecule has 24 heavy (non-hydrogen) atoms. The van der Waals surface area contributed by atoms with Crippen molar-refractivity contribution in [2.45, 2.75) is 26.0 Å². The molecule has 2 aromatic rings. The van der Waals surface area contributed by atoms with E-state index in [0.717, 1.165) is 22.5 Å². The van der Waals surface area contributed by atoms with Crippen LogP contribution in [0.2, 0.25) is 10.0 Å². The van der Waals surface area contributed by atoms with Crippen LogP contribution in [0.25, 0.3) is 0 Å². The van der Waals surface area contributed by atoms with E-state index in [9.17, 15) is 4.79 Å². The third-order valence-corrected chi connectivity index (χ3v) is 5.16. The maximum absolute atomic E-state index is 12.8. The first-order chi connectivity index (χ1) is 11.4. The van der Waals surface area contributed by atoms with E-state index in [0.29, 0.717) is 21.5 Å². The molecule has 2 heterocycles. The molecule has 0 radical (unpaired) electrons. The van der Waals surface area contributed by atoms with Gasteiger partial charge in [-0.15, -0.1) is 0 Å². The predicted octanol–water partition coefficient (Wildman–Crippen LogP) is 4.77. The lowest BCUT2D eigenvalue weighted by atomic mass is 10.0.